The van der Waals surface area contributed by atoms with Crippen LogP contribution in [-0.4, -0.2) is 21.9 Å². The van der Waals surface area contributed by atoms with E-state index in [2.05, 4.69) is 23.9 Å². The second-order valence-electron chi connectivity index (χ2n) is 4.09. The number of hydrogen-bond donors (Lipinski definition) is 1. The number of anilines is 1. The van der Waals surface area contributed by atoms with Gasteiger partial charge in [0.1, 0.15) is 0 Å². The van der Waals surface area contributed by atoms with Crippen LogP contribution in [0.1, 0.15) is 19.9 Å². The number of nitrogen functional groups attached to an aromatic ring is 1. The van der Waals surface area contributed by atoms with Gasteiger partial charge in [-0.25, -0.2) is 4.98 Å². The van der Waals surface area contributed by atoms with Gasteiger partial charge >= 0.3 is 0 Å². The van der Waals surface area contributed by atoms with E-state index >= 15 is 0 Å². The molecule has 0 atom stereocenters. The second kappa shape index (κ2) is 4.45. The van der Waals surface area contributed by atoms with Crippen LogP contribution >= 0.6 is 0 Å². The fraction of sp³-hybridized carbons (Fsp3) is 0.333. The monoisotopic (exact) mass is 232 g/mol. The molecule has 0 saturated heterocycles. The molecule has 5 heteroatoms. The van der Waals surface area contributed by atoms with Gasteiger partial charge in [0.05, 0.1) is 12.8 Å². The van der Waals surface area contributed by atoms with Crippen molar-refractivity contribution in [3.8, 4) is 17.0 Å². The van der Waals surface area contributed by atoms with Gasteiger partial charge in [0.25, 0.3) is 0 Å². The fourth-order valence-corrected chi connectivity index (χ4v) is 1.54. The Morgan fingerprint density at radius 1 is 1.41 bits per heavy atom. The number of nitrogens with two attached hydrogens (primary N) is 1. The van der Waals surface area contributed by atoms with Crippen LogP contribution in [-0.2, 0) is 0 Å². The Hall–Kier alpha value is -2.04. The number of methoxy groups -OCH3 is 1. The third kappa shape index (κ3) is 2.22. The smallest absolute Gasteiger partial charge is 0.166 e. The Kier molecular flexibility index (Phi) is 2.99. The van der Waals surface area contributed by atoms with Crippen LogP contribution in [0.4, 0.5) is 5.82 Å². The first-order chi connectivity index (χ1) is 8.11. The summed E-state index contributed by atoms with van der Waals surface area (Å²) in [4.78, 5) is 4.08. The summed E-state index contributed by atoms with van der Waals surface area (Å²) in [5.74, 6) is 0.959. The number of ether oxygens (including phenoxy) is 1. The van der Waals surface area contributed by atoms with E-state index < -0.39 is 0 Å². The van der Waals surface area contributed by atoms with Crippen molar-refractivity contribution in [2.24, 2.45) is 0 Å². The zero-order valence-corrected chi connectivity index (χ0v) is 10.2. The molecule has 0 saturated carbocycles. The van der Waals surface area contributed by atoms with Crippen molar-refractivity contribution in [1.29, 1.82) is 0 Å². The van der Waals surface area contributed by atoms with Crippen LogP contribution in [0.3, 0.4) is 0 Å². The van der Waals surface area contributed by atoms with E-state index in [0.717, 1.165) is 11.3 Å². The zero-order valence-electron chi connectivity index (χ0n) is 10.2. The van der Waals surface area contributed by atoms with Crippen LogP contribution in [0, 0.1) is 0 Å². The predicted molar refractivity (Wildman–Crippen MR) is 66.8 cm³/mol. The van der Waals surface area contributed by atoms with Gasteiger partial charge in [0.15, 0.2) is 11.6 Å². The van der Waals surface area contributed by atoms with Crippen molar-refractivity contribution in [2.45, 2.75) is 19.9 Å². The van der Waals surface area contributed by atoms with Gasteiger partial charge in [0, 0.05) is 24.0 Å². The number of nitrogens with zero attached hydrogens (tertiary/aromatic N) is 3. The average Bonchev–Trinajstić information content (AvgIpc) is 2.79. The molecule has 2 aromatic rings. The van der Waals surface area contributed by atoms with Gasteiger partial charge in [-0.05, 0) is 26.0 Å². The molecule has 0 unspecified atom stereocenters. The molecule has 0 aliphatic rings. The summed E-state index contributed by atoms with van der Waals surface area (Å²) in [5.41, 5.74) is 7.43. The summed E-state index contributed by atoms with van der Waals surface area (Å²) in [6.45, 7) is 4.16. The van der Waals surface area contributed by atoms with Crippen LogP contribution in [0.2, 0.25) is 0 Å². The van der Waals surface area contributed by atoms with E-state index in [1.165, 1.54) is 0 Å². The highest BCUT2D eigenvalue weighted by Gasteiger charge is 2.08. The Balaban J connectivity index is 2.38. The van der Waals surface area contributed by atoms with Crippen LogP contribution in [0.15, 0.2) is 24.5 Å². The SMILES string of the molecule is COc1cc(-c2ccn(C(C)C)n2)cnc1N. The molecule has 0 aliphatic heterocycles. The molecule has 0 radical (unpaired) electrons. The number of pyridine rings is 1. The Bertz CT molecular complexity index is 519. The quantitative estimate of drug-likeness (QED) is 0.880. The lowest BCUT2D eigenvalue weighted by molar-refractivity contribution is 0.415. The zero-order chi connectivity index (χ0) is 12.4. The first-order valence-corrected chi connectivity index (χ1v) is 5.47. The lowest BCUT2D eigenvalue weighted by Gasteiger charge is -2.06. The average molecular weight is 232 g/mol. The number of hydrogen-bond acceptors (Lipinski definition) is 4. The lowest BCUT2D eigenvalue weighted by Crippen LogP contribution is -2.01. The molecule has 0 fully saturated rings. The molecule has 90 valence electrons. The van der Waals surface area contributed by atoms with Crippen molar-refractivity contribution < 1.29 is 4.74 Å². The third-order valence-corrected chi connectivity index (χ3v) is 2.53. The summed E-state index contributed by atoms with van der Waals surface area (Å²) in [7, 11) is 1.57. The minimum atomic E-state index is 0.340. The summed E-state index contributed by atoms with van der Waals surface area (Å²) in [6.07, 6.45) is 3.65. The van der Waals surface area contributed by atoms with E-state index in [9.17, 15) is 0 Å². The molecule has 0 bridgehead atoms. The molecular weight excluding hydrogens is 216 g/mol. The topological polar surface area (TPSA) is 66.0 Å². The van der Waals surface area contributed by atoms with Crippen molar-refractivity contribution in [2.75, 3.05) is 12.8 Å². The van der Waals surface area contributed by atoms with Crippen LogP contribution < -0.4 is 10.5 Å². The number of rotatable bonds is 3. The first-order valence-electron chi connectivity index (χ1n) is 5.47. The molecule has 2 N–H and O–H groups in total. The summed E-state index contributed by atoms with van der Waals surface area (Å²) in [5, 5.41) is 4.47. The van der Waals surface area contributed by atoms with Gasteiger partial charge in [-0.15, -0.1) is 0 Å². The van der Waals surface area contributed by atoms with E-state index in [4.69, 9.17) is 10.5 Å². The van der Waals surface area contributed by atoms with E-state index in [-0.39, 0.29) is 0 Å². The molecule has 5 nitrogen and oxygen atoms in total. The maximum atomic E-state index is 5.67. The first kappa shape index (κ1) is 11.4. The molecule has 2 aromatic heterocycles. The summed E-state index contributed by atoms with van der Waals surface area (Å²) < 4.78 is 7.04. The molecule has 2 rings (SSSR count). The molecule has 0 spiro atoms. The molecule has 0 aliphatic carbocycles. The highest BCUT2D eigenvalue weighted by molar-refractivity contribution is 5.63. The van der Waals surface area contributed by atoms with Gasteiger partial charge in [-0.3, -0.25) is 4.68 Å². The van der Waals surface area contributed by atoms with Gasteiger partial charge in [-0.1, -0.05) is 0 Å². The normalized spacial score (nSPS) is 10.8. The minimum absolute atomic E-state index is 0.340. The van der Waals surface area contributed by atoms with Crippen molar-refractivity contribution in [1.82, 2.24) is 14.8 Å². The standard InChI is InChI=1S/C12H16N4O/c1-8(2)16-5-4-10(15-16)9-6-11(17-3)12(13)14-7-9/h4-8H,1-3H3,(H2,13,14). The highest BCUT2D eigenvalue weighted by atomic mass is 16.5. The predicted octanol–water partition coefficient (Wildman–Crippen LogP) is 2.12. The van der Waals surface area contributed by atoms with Crippen molar-refractivity contribution in [3.63, 3.8) is 0 Å². The summed E-state index contributed by atoms with van der Waals surface area (Å²) in [6, 6.07) is 4.13. The van der Waals surface area contributed by atoms with Crippen LogP contribution in [0.5, 0.6) is 5.75 Å². The van der Waals surface area contributed by atoms with Gasteiger partial charge in [0.2, 0.25) is 0 Å². The maximum Gasteiger partial charge on any atom is 0.166 e. The molecule has 0 amide bonds. The van der Waals surface area contributed by atoms with E-state index in [0.29, 0.717) is 17.6 Å². The van der Waals surface area contributed by atoms with E-state index in [1.54, 1.807) is 13.3 Å². The Morgan fingerprint density at radius 2 is 2.18 bits per heavy atom. The van der Waals surface area contributed by atoms with Gasteiger partial charge < -0.3 is 10.5 Å². The molecule has 17 heavy (non-hydrogen) atoms. The Morgan fingerprint density at radius 3 is 2.76 bits per heavy atom. The lowest BCUT2D eigenvalue weighted by atomic mass is 10.2. The second-order valence-corrected chi connectivity index (χ2v) is 4.09. The minimum Gasteiger partial charge on any atom is -0.493 e. The third-order valence-electron chi connectivity index (χ3n) is 2.53. The highest BCUT2D eigenvalue weighted by Crippen LogP contribution is 2.25. The molecular formula is C12H16N4O. The Labute approximate surface area is 100 Å². The molecule has 2 heterocycles. The number of aromatic nitrogens is 3. The van der Waals surface area contributed by atoms with E-state index in [1.807, 2.05) is 23.0 Å². The van der Waals surface area contributed by atoms with Crippen LogP contribution in [0.25, 0.3) is 11.3 Å². The largest absolute Gasteiger partial charge is 0.493 e. The molecule has 0 aromatic carbocycles. The summed E-state index contributed by atoms with van der Waals surface area (Å²) >= 11 is 0. The fourth-order valence-electron chi connectivity index (χ4n) is 1.54. The maximum absolute atomic E-state index is 5.67. The van der Waals surface area contributed by atoms with Gasteiger partial charge in [-0.2, -0.15) is 5.10 Å². The van der Waals surface area contributed by atoms with Crippen molar-refractivity contribution in [3.05, 3.63) is 24.5 Å². The van der Waals surface area contributed by atoms with Crippen molar-refractivity contribution >= 4 is 5.82 Å².